The largest absolute Gasteiger partial charge is 0.325 e. The van der Waals surface area contributed by atoms with E-state index in [1.54, 1.807) is 0 Å². The van der Waals surface area contributed by atoms with Gasteiger partial charge in [-0.1, -0.05) is 176 Å². The molecule has 0 amide bonds. The SMILES string of the molecule is C=Cc1cccc(C)c1/C=C/C1=N[C@@H](c2ccc(-c3cc(-c4ccccc4)ccc3-c3nc(C(C=CC)=CC)nc(-c4ccccc4)n3)cc2)N=C(c2ccccc2)N1. The second kappa shape index (κ2) is 17.7. The van der Waals surface area contributed by atoms with Crippen LogP contribution in [0.2, 0.25) is 0 Å². The second-order valence-corrected chi connectivity index (χ2v) is 14.1. The lowest BCUT2D eigenvalue weighted by Crippen LogP contribution is -2.34. The van der Waals surface area contributed by atoms with E-state index in [0.717, 1.165) is 72.9 Å². The Hall–Kier alpha value is -7.57. The number of rotatable bonds is 11. The molecular formula is C53H44N6. The summed E-state index contributed by atoms with van der Waals surface area (Å²) in [6.45, 7) is 10.1. The second-order valence-electron chi connectivity index (χ2n) is 14.1. The number of hydrogen-bond acceptors (Lipinski definition) is 6. The lowest BCUT2D eigenvalue weighted by atomic mass is 9.93. The minimum absolute atomic E-state index is 0.462. The van der Waals surface area contributed by atoms with E-state index in [1.807, 2.05) is 98.8 Å². The van der Waals surface area contributed by atoms with E-state index < -0.39 is 6.17 Å². The molecule has 8 rings (SSSR count). The molecule has 0 spiro atoms. The van der Waals surface area contributed by atoms with Gasteiger partial charge >= 0.3 is 0 Å². The first-order chi connectivity index (χ1) is 29.0. The molecule has 7 aromatic rings. The smallest absolute Gasteiger partial charge is 0.169 e. The predicted molar refractivity (Wildman–Crippen MR) is 247 cm³/mol. The van der Waals surface area contributed by atoms with Crippen LogP contribution in [0.4, 0.5) is 0 Å². The van der Waals surface area contributed by atoms with Crippen molar-refractivity contribution in [2.45, 2.75) is 26.9 Å². The quantitative estimate of drug-likeness (QED) is 0.133. The maximum Gasteiger partial charge on any atom is 0.169 e. The summed E-state index contributed by atoms with van der Waals surface area (Å²) in [5.74, 6) is 3.32. The van der Waals surface area contributed by atoms with Crippen molar-refractivity contribution >= 4 is 29.4 Å². The van der Waals surface area contributed by atoms with Crippen LogP contribution in [0, 0.1) is 6.92 Å². The van der Waals surface area contributed by atoms with Crippen molar-refractivity contribution < 1.29 is 0 Å². The Bertz CT molecular complexity index is 2760. The highest BCUT2D eigenvalue weighted by atomic mass is 15.2. The molecule has 0 bridgehead atoms. The van der Waals surface area contributed by atoms with Crippen molar-refractivity contribution in [1.29, 1.82) is 0 Å². The van der Waals surface area contributed by atoms with Crippen LogP contribution in [0.15, 0.2) is 193 Å². The van der Waals surface area contributed by atoms with Gasteiger partial charge in [0.1, 0.15) is 11.7 Å². The Kier molecular flexibility index (Phi) is 11.5. The highest BCUT2D eigenvalue weighted by molar-refractivity contribution is 6.14. The van der Waals surface area contributed by atoms with Gasteiger partial charge in [-0.15, -0.1) is 0 Å². The van der Waals surface area contributed by atoms with E-state index in [1.165, 1.54) is 5.56 Å². The molecule has 0 saturated carbocycles. The molecule has 1 aliphatic rings. The first kappa shape index (κ1) is 38.3. The van der Waals surface area contributed by atoms with Gasteiger partial charge in [0, 0.05) is 22.3 Å². The van der Waals surface area contributed by atoms with Crippen molar-refractivity contribution in [1.82, 2.24) is 20.3 Å². The topological polar surface area (TPSA) is 75.4 Å². The average Bonchev–Trinajstić information content (AvgIpc) is 3.30. The lowest BCUT2D eigenvalue weighted by molar-refractivity contribution is 0.757. The summed E-state index contributed by atoms with van der Waals surface area (Å²) in [6.07, 6.45) is 11.6. The normalized spacial score (nSPS) is 14.2. The molecule has 0 aliphatic carbocycles. The van der Waals surface area contributed by atoms with Crippen LogP contribution in [0.5, 0.6) is 0 Å². The number of amidine groups is 2. The zero-order valence-corrected chi connectivity index (χ0v) is 33.4. The van der Waals surface area contributed by atoms with E-state index in [0.29, 0.717) is 17.5 Å². The number of aromatic nitrogens is 3. The van der Waals surface area contributed by atoms with E-state index in [4.69, 9.17) is 24.9 Å². The molecule has 0 saturated heterocycles. The van der Waals surface area contributed by atoms with Crippen LogP contribution < -0.4 is 5.32 Å². The van der Waals surface area contributed by atoms with E-state index in [-0.39, 0.29) is 0 Å². The molecule has 1 N–H and O–H groups in total. The van der Waals surface area contributed by atoms with Crippen molar-refractivity contribution in [2.24, 2.45) is 9.98 Å². The number of allylic oxidation sites excluding steroid dienone is 4. The maximum absolute atomic E-state index is 5.12. The fraction of sp³-hybridized carbons (Fsp3) is 0.0755. The Balaban J connectivity index is 1.23. The molecule has 286 valence electrons. The molecule has 1 aliphatic heterocycles. The third-order valence-corrected chi connectivity index (χ3v) is 10.3. The molecule has 0 radical (unpaired) electrons. The first-order valence-electron chi connectivity index (χ1n) is 19.8. The maximum atomic E-state index is 5.12. The summed E-state index contributed by atoms with van der Waals surface area (Å²) < 4.78 is 0. The van der Waals surface area contributed by atoms with E-state index >= 15 is 0 Å². The average molecular weight is 765 g/mol. The van der Waals surface area contributed by atoms with Gasteiger partial charge in [0.05, 0.1) is 0 Å². The highest BCUT2D eigenvalue weighted by Crippen LogP contribution is 2.37. The van der Waals surface area contributed by atoms with Gasteiger partial charge in [-0.3, -0.25) is 0 Å². The van der Waals surface area contributed by atoms with Crippen LogP contribution in [-0.2, 0) is 0 Å². The third-order valence-electron chi connectivity index (χ3n) is 10.3. The van der Waals surface area contributed by atoms with Crippen LogP contribution >= 0.6 is 0 Å². The van der Waals surface area contributed by atoms with Crippen LogP contribution in [0.25, 0.3) is 62.8 Å². The van der Waals surface area contributed by atoms with Gasteiger partial charge in [0.2, 0.25) is 0 Å². The predicted octanol–water partition coefficient (Wildman–Crippen LogP) is 12.6. The van der Waals surface area contributed by atoms with Crippen LogP contribution in [0.3, 0.4) is 0 Å². The van der Waals surface area contributed by atoms with Crippen molar-refractivity contribution in [2.75, 3.05) is 0 Å². The number of aliphatic imine (C=N–C) groups is 2. The molecular weight excluding hydrogens is 721 g/mol. The lowest BCUT2D eigenvalue weighted by Gasteiger charge is -2.21. The third kappa shape index (κ3) is 8.58. The molecule has 6 aromatic carbocycles. The van der Waals surface area contributed by atoms with Gasteiger partial charge in [0.25, 0.3) is 0 Å². The Morgan fingerprint density at radius 1 is 0.593 bits per heavy atom. The van der Waals surface area contributed by atoms with E-state index in [9.17, 15) is 0 Å². The van der Waals surface area contributed by atoms with Gasteiger partial charge in [0.15, 0.2) is 23.6 Å². The number of hydrogen-bond donors (Lipinski definition) is 1. The molecule has 0 unspecified atom stereocenters. The van der Waals surface area contributed by atoms with Crippen LogP contribution in [-0.4, -0.2) is 26.6 Å². The van der Waals surface area contributed by atoms with Gasteiger partial charge in [-0.2, -0.15) is 0 Å². The van der Waals surface area contributed by atoms with E-state index in [2.05, 4.69) is 122 Å². The Labute approximate surface area is 346 Å². The van der Waals surface area contributed by atoms with Crippen LogP contribution in [0.1, 0.15) is 53.7 Å². The molecule has 6 heteroatoms. The number of benzene rings is 6. The number of nitrogens with zero attached hydrogens (tertiary/aromatic N) is 5. The summed E-state index contributed by atoms with van der Waals surface area (Å²) in [5, 5.41) is 3.48. The molecule has 0 fully saturated rings. The fourth-order valence-corrected chi connectivity index (χ4v) is 7.16. The number of nitrogens with one attached hydrogen (secondary N) is 1. The van der Waals surface area contributed by atoms with Gasteiger partial charge in [-0.25, -0.2) is 24.9 Å². The van der Waals surface area contributed by atoms with Gasteiger partial charge in [-0.05, 0) is 83.5 Å². The molecule has 59 heavy (non-hydrogen) atoms. The molecule has 1 atom stereocenters. The summed E-state index contributed by atoms with van der Waals surface area (Å²) in [5.41, 5.74) is 12.3. The molecule has 2 heterocycles. The van der Waals surface area contributed by atoms with Crippen molar-refractivity contribution in [3.63, 3.8) is 0 Å². The standard InChI is InChI=1S/C53H44N6/c1-5-18-38(7-3)49-56-52(42-24-15-10-16-25-42)59-53(58-49)46-32-31-44(39-20-11-8-12-21-39)35-47(46)40-27-29-43(30-28-40)51-55-48(54-50(57-51)41-22-13-9-14-23-41)34-33-45-36(4)19-17-26-37(45)6-2/h5-35,51H,2H2,1,3-4H3,(H,54,55,57)/b18-5?,34-33+,38-7?/t51-/m1/s1. The summed E-state index contributed by atoms with van der Waals surface area (Å²) in [7, 11) is 0. The van der Waals surface area contributed by atoms with Crippen molar-refractivity contribution in [3.05, 3.63) is 216 Å². The zero-order valence-electron chi connectivity index (χ0n) is 33.4. The number of aryl methyl sites for hydroxylation is 1. The first-order valence-corrected chi connectivity index (χ1v) is 19.8. The molecule has 6 nitrogen and oxygen atoms in total. The highest BCUT2D eigenvalue weighted by Gasteiger charge is 2.21. The summed E-state index contributed by atoms with van der Waals surface area (Å²) >= 11 is 0. The van der Waals surface area contributed by atoms with Crippen molar-refractivity contribution in [3.8, 4) is 45.0 Å². The Morgan fingerprint density at radius 3 is 1.93 bits per heavy atom. The monoisotopic (exact) mass is 764 g/mol. The fourth-order valence-electron chi connectivity index (χ4n) is 7.16. The summed E-state index contributed by atoms with van der Waals surface area (Å²) in [4.78, 5) is 25.4. The van der Waals surface area contributed by atoms with Gasteiger partial charge < -0.3 is 5.32 Å². The Morgan fingerprint density at radius 2 is 1.25 bits per heavy atom. The summed E-state index contributed by atoms with van der Waals surface area (Å²) in [6, 6.07) is 51.9. The minimum atomic E-state index is -0.462. The minimum Gasteiger partial charge on any atom is -0.325 e. The zero-order chi connectivity index (χ0) is 40.6. The molecule has 1 aromatic heterocycles.